The molecule has 1 aliphatic rings. The van der Waals surface area contributed by atoms with Crippen LogP contribution in [0.1, 0.15) is 0 Å². The van der Waals surface area contributed by atoms with Crippen LogP contribution in [0.3, 0.4) is 0 Å². The highest BCUT2D eigenvalue weighted by Crippen LogP contribution is 2.26. The average Bonchev–Trinajstić information content (AvgIpc) is 2.52. The molecule has 78 valence electrons. The summed E-state index contributed by atoms with van der Waals surface area (Å²) in [5.74, 6) is -0.816. The van der Waals surface area contributed by atoms with Gasteiger partial charge in [-0.15, -0.1) is 0 Å². The molecular weight excluding hydrogens is 314 g/mol. The molecule has 6 heteroatoms. The van der Waals surface area contributed by atoms with Gasteiger partial charge < -0.3 is 5.32 Å². The molecule has 4 nitrogen and oxygen atoms in total. The third-order valence-electron chi connectivity index (χ3n) is 2.02. The minimum Gasteiger partial charge on any atom is -0.328 e. The largest absolute Gasteiger partial charge is 0.329 e. The van der Waals surface area contributed by atoms with E-state index in [4.69, 9.17) is 0 Å². The van der Waals surface area contributed by atoms with Crippen LogP contribution in [0.15, 0.2) is 18.2 Å². The molecule has 0 atom stereocenters. The molecule has 0 unspecified atom stereocenters. The SMILES string of the molecule is O=C1CNC(=O)N1c1cccc(F)c1I. The lowest BCUT2D eigenvalue weighted by molar-refractivity contribution is -0.115. The predicted octanol–water partition coefficient (Wildman–Crippen LogP) is 1.49. The smallest absolute Gasteiger partial charge is 0.328 e. The molecule has 2 rings (SSSR count). The molecule has 1 aromatic carbocycles. The summed E-state index contributed by atoms with van der Waals surface area (Å²) in [6.07, 6.45) is 0. The van der Waals surface area contributed by atoms with E-state index in [0.717, 1.165) is 4.90 Å². The molecule has 0 saturated carbocycles. The van der Waals surface area contributed by atoms with Gasteiger partial charge >= 0.3 is 6.03 Å². The topological polar surface area (TPSA) is 49.4 Å². The Hall–Kier alpha value is -1.18. The second kappa shape index (κ2) is 3.76. The molecule has 0 aromatic heterocycles. The molecule has 1 aliphatic heterocycles. The maximum absolute atomic E-state index is 13.2. The first-order valence-electron chi connectivity index (χ1n) is 4.16. The van der Waals surface area contributed by atoms with Crippen LogP contribution in [-0.4, -0.2) is 18.5 Å². The minimum atomic E-state index is -0.511. The van der Waals surface area contributed by atoms with E-state index in [9.17, 15) is 14.0 Å². The number of carbonyl (C=O) groups excluding carboxylic acids is 2. The first-order chi connectivity index (χ1) is 7.11. The van der Waals surface area contributed by atoms with Crippen molar-refractivity contribution in [2.45, 2.75) is 0 Å². The molecule has 1 saturated heterocycles. The van der Waals surface area contributed by atoms with Crippen molar-refractivity contribution < 1.29 is 14.0 Å². The van der Waals surface area contributed by atoms with Crippen LogP contribution in [0.5, 0.6) is 0 Å². The summed E-state index contributed by atoms with van der Waals surface area (Å²) in [5, 5.41) is 2.38. The van der Waals surface area contributed by atoms with Crippen molar-refractivity contribution in [1.29, 1.82) is 0 Å². The number of imide groups is 1. The summed E-state index contributed by atoms with van der Waals surface area (Å²) in [5.41, 5.74) is 0.288. The second-order valence-corrected chi connectivity index (χ2v) is 4.04. The summed E-state index contributed by atoms with van der Waals surface area (Å²) in [4.78, 5) is 23.6. The molecule has 1 aromatic rings. The summed E-state index contributed by atoms with van der Waals surface area (Å²) in [6.45, 7) is -0.0363. The standard InChI is InChI=1S/C9H6FIN2O2/c10-5-2-1-3-6(8(5)11)13-7(14)4-12-9(13)15/h1-3H,4H2,(H,12,15). The van der Waals surface area contributed by atoms with Crippen molar-refractivity contribution in [2.24, 2.45) is 0 Å². The third-order valence-corrected chi connectivity index (χ3v) is 3.08. The Balaban J connectivity index is 2.49. The fourth-order valence-electron chi connectivity index (χ4n) is 1.33. The van der Waals surface area contributed by atoms with Crippen molar-refractivity contribution in [2.75, 3.05) is 11.4 Å². The van der Waals surface area contributed by atoms with Crippen LogP contribution in [0.4, 0.5) is 14.9 Å². The number of nitrogens with one attached hydrogen (secondary N) is 1. The average molecular weight is 320 g/mol. The van der Waals surface area contributed by atoms with Gasteiger partial charge in [0.05, 0.1) is 15.8 Å². The number of hydrogen-bond donors (Lipinski definition) is 1. The van der Waals surface area contributed by atoms with Crippen molar-refractivity contribution in [3.8, 4) is 0 Å². The molecule has 1 heterocycles. The molecule has 0 radical (unpaired) electrons. The number of hydrogen-bond acceptors (Lipinski definition) is 2. The molecule has 0 spiro atoms. The van der Waals surface area contributed by atoms with Crippen molar-refractivity contribution in [3.05, 3.63) is 27.6 Å². The Morgan fingerprint density at radius 1 is 1.40 bits per heavy atom. The van der Waals surface area contributed by atoms with Gasteiger partial charge in [-0.3, -0.25) is 4.79 Å². The normalized spacial score (nSPS) is 15.7. The van der Waals surface area contributed by atoms with E-state index >= 15 is 0 Å². The van der Waals surface area contributed by atoms with Gasteiger partial charge in [-0.25, -0.2) is 14.1 Å². The van der Waals surface area contributed by atoms with Gasteiger partial charge in [0.15, 0.2) is 0 Å². The number of benzene rings is 1. The first kappa shape index (κ1) is 10.3. The summed E-state index contributed by atoms with van der Waals surface area (Å²) in [6, 6.07) is 3.77. The van der Waals surface area contributed by atoms with Gasteiger partial charge in [-0.2, -0.15) is 0 Å². The number of rotatable bonds is 1. The summed E-state index contributed by atoms with van der Waals surface area (Å²) < 4.78 is 13.5. The van der Waals surface area contributed by atoms with Crippen molar-refractivity contribution in [1.82, 2.24) is 5.32 Å². The van der Waals surface area contributed by atoms with Crippen LogP contribution in [0.2, 0.25) is 0 Å². The molecule has 1 N–H and O–H groups in total. The third kappa shape index (κ3) is 1.69. The molecular formula is C9H6FIN2O2. The lowest BCUT2D eigenvalue weighted by atomic mass is 10.3. The highest BCUT2D eigenvalue weighted by atomic mass is 127. The molecule has 3 amide bonds. The zero-order valence-corrected chi connectivity index (χ0v) is 9.62. The van der Waals surface area contributed by atoms with Gasteiger partial charge in [0.25, 0.3) is 5.91 Å². The van der Waals surface area contributed by atoms with E-state index in [1.54, 1.807) is 22.6 Å². The van der Waals surface area contributed by atoms with E-state index in [-0.39, 0.29) is 21.7 Å². The molecule has 0 bridgehead atoms. The Morgan fingerprint density at radius 2 is 2.13 bits per heavy atom. The van der Waals surface area contributed by atoms with E-state index in [2.05, 4.69) is 5.32 Å². The lowest BCUT2D eigenvalue weighted by Gasteiger charge is -2.14. The van der Waals surface area contributed by atoms with E-state index in [1.807, 2.05) is 0 Å². The minimum absolute atomic E-state index is 0.0363. The summed E-state index contributed by atoms with van der Waals surface area (Å²) >= 11 is 1.77. The van der Waals surface area contributed by atoms with Gasteiger partial charge in [-0.05, 0) is 34.7 Å². The summed E-state index contributed by atoms with van der Waals surface area (Å²) in [7, 11) is 0. The van der Waals surface area contributed by atoms with Gasteiger partial charge in [0.1, 0.15) is 5.82 Å². The van der Waals surface area contributed by atoms with Gasteiger partial charge in [0.2, 0.25) is 0 Å². The van der Waals surface area contributed by atoms with Crippen LogP contribution in [0.25, 0.3) is 0 Å². The Labute approximate surface area is 98.6 Å². The maximum atomic E-state index is 13.2. The zero-order valence-electron chi connectivity index (χ0n) is 7.46. The molecule has 0 aliphatic carbocycles. The quantitative estimate of drug-likeness (QED) is 0.630. The zero-order chi connectivity index (χ0) is 11.0. The van der Waals surface area contributed by atoms with Crippen LogP contribution in [0, 0.1) is 9.39 Å². The second-order valence-electron chi connectivity index (χ2n) is 2.96. The first-order valence-corrected chi connectivity index (χ1v) is 5.24. The number of amides is 3. The number of halogens is 2. The predicted molar refractivity (Wildman–Crippen MR) is 60.0 cm³/mol. The Kier molecular flexibility index (Phi) is 2.59. The number of carbonyl (C=O) groups is 2. The monoisotopic (exact) mass is 320 g/mol. The lowest BCUT2D eigenvalue weighted by Crippen LogP contribution is -2.31. The van der Waals surface area contributed by atoms with Crippen LogP contribution in [-0.2, 0) is 4.79 Å². The highest BCUT2D eigenvalue weighted by molar-refractivity contribution is 14.1. The molecule has 1 fully saturated rings. The van der Waals surface area contributed by atoms with Gasteiger partial charge in [0, 0.05) is 0 Å². The van der Waals surface area contributed by atoms with Crippen LogP contribution < -0.4 is 10.2 Å². The van der Waals surface area contributed by atoms with Crippen molar-refractivity contribution >= 4 is 40.2 Å². The van der Waals surface area contributed by atoms with Crippen molar-refractivity contribution in [3.63, 3.8) is 0 Å². The van der Waals surface area contributed by atoms with E-state index in [0.29, 0.717) is 0 Å². The van der Waals surface area contributed by atoms with Crippen LogP contribution >= 0.6 is 22.6 Å². The Morgan fingerprint density at radius 3 is 2.73 bits per heavy atom. The Bertz CT molecular complexity index is 434. The van der Waals surface area contributed by atoms with E-state index < -0.39 is 11.8 Å². The van der Waals surface area contributed by atoms with E-state index in [1.165, 1.54) is 18.2 Å². The number of urea groups is 1. The molecule has 15 heavy (non-hydrogen) atoms. The fraction of sp³-hybridized carbons (Fsp3) is 0.111. The van der Waals surface area contributed by atoms with Gasteiger partial charge in [-0.1, -0.05) is 6.07 Å². The fourth-order valence-corrected chi connectivity index (χ4v) is 1.93. The maximum Gasteiger partial charge on any atom is 0.329 e. The highest BCUT2D eigenvalue weighted by Gasteiger charge is 2.31. The number of anilines is 1. The number of nitrogens with zero attached hydrogens (tertiary/aromatic N) is 1.